The van der Waals surface area contributed by atoms with Gasteiger partial charge in [0.1, 0.15) is 6.04 Å². The summed E-state index contributed by atoms with van der Waals surface area (Å²) in [6, 6.07) is 10.9. The lowest BCUT2D eigenvalue weighted by molar-refractivity contribution is -0.112. The van der Waals surface area contributed by atoms with Crippen molar-refractivity contribution in [3.63, 3.8) is 0 Å². The Kier molecular flexibility index (Phi) is 5.35. The van der Waals surface area contributed by atoms with Crippen molar-refractivity contribution >= 4 is 32.6 Å². The lowest BCUT2D eigenvalue weighted by atomic mass is 10.1. The van der Waals surface area contributed by atoms with Gasteiger partial charge in [0.05, 0.1) is 10.6 Å². The molecule has 0 amide bonds. The maximum atomic E-state index is 13.1. The fourth-order valence-electron chi connectivity index (χ4n) is 2.51. The Morgan fingerprint density at radius 3 is 2.04 bits per heavy atom. The highest BCUT2D eigenvalue weighted by molar-refractivity contribution is 7.93. The van der Waals surface area contributed by atoms with Gasteiger partial charge < -0.3 is 0 Å². The zero-order valence-electron chi connectivity index (χ0n) is 14.1. The monoisotopic (exact) mass is 365 g/mol. The number of carbonyl (C=O) groups excluding carboxylic acids is 1. The number of hydrogen-bond acceptors (Lipinski definition) is 3. The van der Waals surface area contributed by atoms with Crippen molar-refractivity contribution in [3.8, 4) is 0 Å². The normalized spacial score (nSPS) is 12.7. The predicted octanol–water partition coefficient (Wildman–Crippen LogP) is 3.96. The van der Waals surface area contributed by atoms with Crippen molar-refractivity contribution in [1.29, 1.82) is 0 Å². The Labute approximate surface area is 148 Å². The molecule has 0 aliphatic rings. The van der Waals surface area contributed by atoms with Crippen LogP contribution in [0.5, 0.6) is 0 Å². The zero-order chi connectivity index (χ0) is 18.1. The van der Waals surface area contributed by atoms with Crippen LogP contribution in [0.3, 0.4) is 0 Å². The highest BCUT2D eigenvalue weighted by Crippen LogP contribution is 2.30. The van der Waals surface area contributed by atoms with E-state index in [0.717, 1.165) is 21.0 Å². The average Bonchev–Trinajstić information content (AvgIpc) is 2.49. The molecule has 4 nitrogen and oxygen atoms in total. The van der Waals surface area contributed by atoms with Crippen molar-refractivity contribution in [2.75, 3.05) is 4.31 Å². The van der Waals surface area contributed by atoms with Crippen LogP contribution in [-0.2, 0) is 14.8 Å². The molecule has 128 valence electrons. The fourth-order valence-corrected chi connectivity index (χ4v) is 4.35. The van der Waals surface area contributed by atoms with E-state index in [1.54, 1.807) is 18.2 Å². The molecule has 0 aliphatic heterocycles. The highest BCUT2D eigenvalue weighted by atomic mass is 35.5. The third-order valence-corrected chi connectivity index (χ3v) is 6.06. The molecule has 1 atom stereocenters. The summed E-state index contributed by atoms with van der Waals surface area (Å²) in [6.45, 7) is 7.10. The van der Waals surface area contributed by atoms with E-state index in [2.05, 4.69) is 0 Å². The van der Waals surface area contributed by atoms with Gasteiger partial charge in [0, 0.05) is 0 Å². The first-order valence-electron chi connectivity index (χ1n) is 7.52. The molecule has 0 spiro atoms. The average molecular weight is 366 g/mol. The number of aryl methyl sites for hydroxylation is 3. The van der Waals surface area contributed by atoms with Crippen LogP contribution in [0.25, 0.3) is 0 Å². The second-order valence-corrected chi connectivity index (χ2v) is 8.07. The molecule has 2 rings (SSSR count). The molecule has 2 aromatic rings. The molecule has 0 N–H and O–H groups in total. The first-order chi connectivity index (χ1) is 11.1. The minimum absolute atomic E-state index is 0.123. The minimum atomic E-state index is -3.92. The van der Waals surface area contributed by atoms with Gasteiger partial charge in [0.15, 0.2) is 0 Å². The van der Waals surface area contributed by atoms with E-state index >= 15 is 0 Å². The van der Waals surface area contributed by atoms with Gasteiger partial charge in [-0.3, -0.25) is 9.10 Å². The van der Waals surface area contributed by atoms with E-state index < -0.39 is 21.3 Å². The molecule has 6 heteroatoms. The van der Waals surface area contributed by atoms with E-state index in [0.29, 0.717) is 5.69 Å². The largest absolute Gasteiger partial charge is 0.279 e. The van der Waals surface area contributed by atoms with Gasteiger partial charge in [0.2, 0.25) is 5.24 Å². The molecule has 1 unspecified atom stereocenters. The van der Waals surface area contributed by atoms with Crippen molar-refractivity contribution in [2.45, 2.75) is 38.6 Å². The van der Waals surface area contributed by atoms with E-state index in [1.807, 2.05) is 32.9 Å². The molecule has 0 aromatic heterocycles. The summed E-state index contributed by atoms with van der Waals surface area (Å²) >= 11 is 5.63. The SMILES string of the molecule is Cc1ccc(S(=O)(=O)N(c2ccc(C)cc2C)C(C)C(=O)Cl)cc1. The molecule has 0 radical (unpaired) electrons. The second kappa shape index (κ2) is 6.95. The van der Waals surface area contributed by atoms with Crippen LogP contribution in [-0.4, -0.2) is 19.7 Å². The van der Waals surface area contributed by atoms with E-state index in [-0.39, 0.29) is 4.90 Å². The van der Waals surface area contributed by atoms with Crippen molar-refractivity contribution in [2.24, 2.45) is 0 Å². The number of anilines is 1. The smallest absolute Gasteiger partial charge is 0.265 e. The molecule has 0 saturated carbocycles. The van der Waals surface area contributed by atoms with Crippen molar-refractivity contribution in [1.82, 2.24) is 0 Å². The van der Waals surface area contributed by atoms with E-state index in [4.69, 9.17) is 11.6 Å². The van der Waals surface area contributed by atoms with Crippen molar-refractivity contribution < 1.29 is 13.2 Å². The summed E-state index contributed by atoms with van der Waals surface area (Å²) in [7, 11) is -3.92. The third-order valence-electron chi connectivity index (χ3n) is 3.85. The first-order valence-corrected chi connectivity index (χ1v) is 9.34. The van der Waals surface area contributed by atoms with Gasteiger partial charge in [-0.15, -0.1) is 0 Å². The van der Waals surface area contributed by atoms with E-state index in [1.165, 1.54) is 19.1 Å². The van der Waals surface area contributed by atoms with E-state index in [9.17, 15) is 13.2 Å². The first kappa shape index (κ1) is 18.5. The fraction of sp³-hybridized carbons (Fsp3) is 0.278. The number of carbonyl (C=O) groups is 1. The molecule has 2 aromatic carbocycles. The summed E-state index contributed by atoms with van der Waals surface area (Å²) in [5, 5.41) is -0.731. The Hall–Kier alpha value is -1.85. The van der Waals surface area contributed by atoms with Gasteiger partial charge in [-0.2, -0.15) is 0 Å². The molecule has 0 heterocycles. The summed E-state index contributed by atoms with van der Waals surface area (Å²) in [4.78, 5) is 11.9. The number of nitrogens with zero attached hydrogens (tertiary/aromatic N) is 1. The quantitative estimate of drug-likeness (QED) is 0.753. The molecule has 0 bridgehead atoms. The van der Waals surface area contributed by atoms with Gasteiger partial charge in [0.25, 0.3) is 10.0 Å². The van der Waals surface area contributed by atoms with Crippen LogP contribution < -0.4 is 4.31 Å². The number of benzene rings is 2. The van der Waals surface area contributed by atoms with Crippen LogP contribution in [0.1, 0.15) is 23.6 Å². The predicted molar refractivity (Wildman–Crippen MR) is 97.1 cm³/mol. The Bertz CT molecular complexity index is 860. The molecule has 0 saturated heterocycles. The van der Waals surface area contributed by atoms with Crippen LogP contribution in [0, 0.1) is 20.8 Å². The summed E-state index contributed by atoms with van der Waals surface area (Å²) < 4.78 is 27.4. The number of sulfonamides is 1. The summed E-state index contributed by atoms with van der Waals surface area (Å²) in [5.74, 6) is 0. The molecule has 0 fully saturated rings. The minimum Gasteiger partial charge on any atom is -0.279 e. The van der Waals surface area contributed by atoms with Gasteiger partial charge in [-0.05, 0) is 63.1 Å². The third kappa shape index (κ3) is 3.62. The van der Waals surface area contributed by atoms with Crippen LogP contribution in [0.2, 0.25) is 0 Å². The maximum absolute atomic E-state index is 13.1. The van der Waals surface area contributed by atoms with Gasteiger partial charge in [-0.1, -0.05) is 35.4 Å². The lowest BCUT2D eigenvalue weighted by Crippen LogP contribution is -2.42. The van der Waals surface area contributed by atoms with Crippen LogP contribution >= 0.6 is 11.6 Å². The molecule has 0 aliphatic carbocycles. The molecular weight excluding hydrogens is 346 g/mol. The van der Waals surface area contributed by atoms with Crippen LogP contribution in [0.15, 0.2) is 47.4 Å². The number of rotatable bonds is 5. The molecular formula is C18H20ClNO3S. The molecule has 24 heavy (non-hydrogen) atoms. The zero-order valence-corrected chi connectivity index (χ0v) is 15.6. The van der Waals surface area contributed by atoms with Crippen LogP contribution in [0.4, 0.5) is 5.69 Å². The lowest BCUT2D eigenvalue weighted by Gasteiger charge is -2.29. The number of hydrogen-bond donors (Lipinski definition) is 0. The summed E-state index contributed by atoms with van der Waals surface area (Å²) in [5.41, 5.74) is 3.17. The number of halogens is 1. The second-order valence-electron chi connectivity index (χ2n) is 5.88. The van der Waals surface area contributed by atoms with Crippen molar-refractivity contribution in [3.05, 3.63) is 59.2 Å². The summed E-state index contributed by atoms with van der Waals surface area (Å²) in [6.07, 6.45) is 0. The van der Waals surface area contributed by atoms with Gasteiger partial charge >= 0.3 is 0 Å². The Morgan fingerprint density at radius 1 is 1.00 bits per heavy atom. The maximum Gasteiger partial charge on any atom is 0.265 e. The van der Waals surface area contributed by atoms with Gasteiger partial charge in [-0.25, -0.2) is 8.42 Å². The Balaban J connectivity index is 2.66. The Morgan fingerprint density at radius 2 is 1.54 bits per heavy atom. The standard InChI is InChI=1S/C18H20ClNO3S/c1-12-5-8-16(9-6-12)24(22,23)20(15(4)18(19)21)17-10-7-13(2)11-14(17)3/h5-11,15H,1-4H3. The highest BCUT2D eigenvalue weighted by Gasteiger charge is 2.33. The topological polar surface area (TPSA) is 54.5 Å².